The summed E-state index contributed by atoms with van der Waals surface area (Å²) in [7, 11) is 0. The van der Waals surface area contributed by atoms with Crippen LogP contribution in [0.5, 0.6) is 0 Å². The number of hydrogen-bond acceptors (Lipinski definition) is 5. The summed E-state index contributed by atoms with van der Waals surface area (Å²) in [5.41, 5.74) is 0. The Balaban J connectivity index is 1.64. The zero-order valence-electron chi connectivity index (χ0n) is 12.4. The van der Waals surface area contributed by atoms with Crippen LogP contribution in [0.3, 0.4) is 0 Å². The number of aliphatic hydroxyl groups excluding tert-OH is 1. The third-order valence-corrected chi connectivity index (χ3v) is 4.28. The molecule has 5 nitrogen and oxygen atoms in total. The number of hydrogen-bond donors (Lipinski definition) is 2. The highest BCUT2D eigenvalue weighted by Gasteiger charge is 2.20. The van der Waals surface area contributed by atoms with Gasteiger partial charge in [0.15, 0.2) is 0 Å². The van der Waals surface area contributed by atoms with E-state index >= 15 is 0 Å². The van der Waals surface area contributed by atoms with Crippen molar-refractivity contribution in [1.29, 1.82) is 0 Å². The van der Waals surface area contributed by atoms with Crippen LogP contribution < -0.4 is 5.32 Å². The molecule has 0 spiro atoms. The first-order chi connectivity index (χ1) is 9.28. The van der Waals surface area contributed by atoms with Crippen molar-refractivity contribution < 1.29 is 5.11 Å². The Morgan fingerprint density at radius 2 is 1.53 bits per heavy atom. The Morgan fingerprint density at radius 3 is 2.21 bits per heavy atom. The second kappa shape index (κ2) is 8.17. The van der Waals surface area contributed by atoms with Crippen LogP contribution in [0, 0.1) is 0 Å². The van der Waals surface area contributed by atoms with Gasteiger partial charge in [-0.2, -0.15) is 0 Å². The molecule has 5 heteroatoms. The van der Waals surface area contributed by atoms with Crippen LogP contribution in [-0.2, 0) is 0 Å². The van der Waals surface area contributed by atoms with Gasteiger partial charge in [0, 0.05) is 52.4 Å². The van der Waals surface area contributed by atoms with Gasteiger partial charge in [0.25, 0.3) is 0 Å². The fourth-order valence-electron chi connectivity index (χ4n) is 3.03. The smallest absolute Gasteiger partial charge is 0.0793 e. The molecule has 0 aromatic heterocycles. The van der Waals surface area contributed by atoms with Gasteiger partial charge in [-0.25, -0.2) is 0 Å². The van der Waals surface area contributed by atoms with Crippen LogP contribution in [0.2, 0.25) is 0 Å². The highest BCUT2D eigenvalue weighted by Crippen LogP contribution is 2.04. The van der Waals surface area contributed by atoms with E-state index in [4.69, 9.17) is 0 Å². The van der Waals surface area contributed by atoms with E-state index in [0.717, 1.165) is 72.0 Å². The van der Waals surface area contributed by atoms with Crippen LogP contribution in [0.4, 0.5) is 0 Å². The average molecular weight is 270 g/mol. The lowest BCUT2D eigenvalue weighted by Gasteiger charge is -2.35. The summed E-state index contributed by atoms with van der Waals surface area (Å²) in [6, 6.07) is 0. The maximum Gasteiger partial charge on any atom is 0.0793 e. The molecule has 0 aromatic rings. The van der Waals surface area contributed by atoms with E-state index in [0.29, 0.717) is 0 Å². The third-order valence-electron chi connectivity index (χ3n) is 4.28. The van der Waals surface area contributed by atoms with Gasteiger partial charge in [-0.05, 0) is 26.1 Å². The summed E-state index contributed by atoms with van der Waals surface area (Å²) in [5.74, 6) is 0. The van der Waals surface area contributed by atoms with Gasteiger partial charge < -0.3 is 15.3 Å². The molecular formula is C14H30N4O. The van der Waals surface area contributed by atoms with Crippen LogP contribution in [-0.4, -0.2) is 97.9 Å². The molecule has 19 heavy (non-hydrogen) atoms. The van der Waals surface area contributed by atoms with Crippen LogP contribution in [0.15, 0.2) is 0 Å². The second-order valence-electron chi connectivity index (χ2n) is 5.79. The molecule has 2 N–H and O–H groups in total. The Labute approximate surface area is 117 Å². The van der Waals surface area contributed by atoms with E-state index in [1.807, 2.05) is 0 Å². The number of aliphatic hydroxyl groups is 1. The molecule has 112 valence electrons. The van der Waals surface area contributed by atoms with Crippen molar-refractivity contribution in [1.82, 2.24) is 20.0 Å². The normalized spacial score (nSPS) is 26.2. The van der Waals surface area contributed by atoms with Crippen molar-refractivity contribution in [3.63, 3.8) is 0 Å². The topological polar surface area (TPSA) is 42.0 Å². The van der Waals surface area contributed by atoms with E-state index in [2.05, 4.69) is 26.9 Å². The molecular weight excluding hydrogens is 240 g/mol. The number of rotatable bonds is 5. The van der Waals surface area contributed by atoms with Gasteiger partial charge in [0.2, 0.25) is 0 Å². The quantitative estimate of drug-likeness (QED) is 0.690. The zero-order chi connectivity index (χ0) is 13.5. The molecule has 1 atom stereocenters. The molecule has 0 aromatic carbocycles. The highest BCUT2D eigenvalue weighted by molar-refractivity contribution is 4.76. The van der Waals surface area contributed by atoms with E-state index in [1.165, 1.54) is 6.42 Å². The first kappa shape index (κ1) is 15.2. The number of piperazine rings is 1. The lowest BCUT2D eigenvalue weighted by atomic mass is 10.2. The Kier molecular flexibility index (Phi) is 6.53. The standard InChI is InChI=1S/C14H30N4O/c1-2-16-8-10-18(11-9-16)13-14(19)12-17-6-3-4-15-5-7-17/h14-15,19H,2-13H2,1H3. The van der Waals surface area contributed by atoms with Crippen molar-refractivity contribution in [2.24, 2.45) is 0 Å². The summed E-state index contributed by atoms with van der Waals surface area (Å²) < 4.78 is 0. The van der Waals surface area contributed by atoms with Gasteiger partial charge in [0.1, 0.15) is 0 Å². The molecule has 2 heterocycles. The molecule has 2 aliphatic rings. The minimum absolute atomic E-state index is 0.203. The summed E-state index contributed by atoms with van der Waals surface area (Å²) >= 11 is 0. The molecule has 2 saturated heterocycles. The summed E-state index contributed by atoms with van der Waals surface area (Å²) in [5, 5.41) is 13.7. The van der Waals surface area contributed by atoms with Gasteiger partial charge in [-0.15, -0.1) is 0 Å². The van der Waals surface area contributed by atoms with Crippen molar-refractivity contribution in [3.05, 3.63) is 0 Å². The van der Waals surface area contributed by atoms with Crippen LogP contribution in [0.1, 0.15) is 13.3 Å². The van der Waals surface area contributed by atoms with E-state index < -0.39 is 0 Å². The number of β-amino-alcohol motifs (C(OH)–C–C–N with tert-alkyl or cyclic N) is 1. The SMILES string of the molecule is CCN1CCN(CC(O)CN2CCCNCC2)CC1. The molecule has 2 fully saturated rings. The zero-order valence-corrected chi connectivity index (χ0v) is 12.4. The maximum absolute atomic E-state index is 10.3. The number of nitrogens with zero attached hydrogens (tertiary/aromatic N) is 3. The third kappa shape index (κ3) is 5.36. The molecule has 0 radical (unpaired) electrons. The van der Waals surface area contributed by atoms with Crippen molar-refractivity contribution >= 4 is 0 Å². The Bertz CT molecular complexity index is 236. The molecule has 0 saturated carbocycles. The van der Waals surface area contributed by atoms with Gasteiger partial charge >= 0.3 is 0 Å². The lowest BCUT2D eigenvalue weighted by molar-refractivity contribution is 0.0529. The van der Waals surface area contributed by atoms with Gasteiger partial charge in [-0.1, -0.05) is 6.92 Å². The average Bonchev–Trinajstić information content (AvgIpc) is 2.68. The largest absolute Gasteiger partial charge is 0.390 e. The minimum atomic E-state index is -0.203. The van der Waals surface area contributed by atoms with Crippen molar-refractivity contribution in [3.8, 4) is 0 Å². The van der Waals surface area contributed by atoms with Crippen LogP contribution >= 0.6 is 0 Å². The number of likely N-dealkylation sites (N-methyl/N-ethyl adjacent to an activating group) is 1. The Morgan fingerprint density at radius 1 is 0.895 bits per heavy atom. The molecule has 2 rings (SSSR count). The first-order valence-corrected chi connectivity index (χ1v) is 7.83. The fourth-order valence-corrected chi connectivity index (χ4v) is 3.03. The number of nitrogens with one attached hydrogen (secondary N) is 1. The summed E-state index contributed by atoms with van der Waals surface area (Å²) in [4.78, 5) is 7.28. The molecule has 2 aliphatic heterocycles. The first-order valence-electron chi connectivity index (χ1n) is 7.83. The summed E-state index contributed by atoms with van der Waals surface area (Å²) in [6.07, 6.45) is 0.994. The molecule has 1 unspecified atom stereocenters. The predicted molar refractivity (Wildman–Crippen MR) is 78.5 cm³/mol. The fraction of sp³-hybridized carbons (Fsp3) is 1.00. The van der Waals surface area contributed by atoms with Crippen molar-refractivity contribution in [2.45, 2.75) is 19.4 Å². The lowest BCUT2D eigenvalue weighted by Crippen LogP contribution is -2.50. The Hall–Kier alpha value is -0.200. The predicted octanol–water partition coefficient (Wildman–Crippen LogP) is -0.720. The molecule has 0 aliphatic carbocycles. The maximum atomic E-state index is 10.3. The van der Waals surface area contributed by atoms with E-state index in [1.54, 1.807) is 0 Å². The van der Waals surface area contributed by atoms with E-state index in [-0.39, 0.29) is 6.10 Å². The van der Waals surface area contributed by atoms with Crippen molar-refractivity contribution in [2.75, 3.05) is 72.0 Å². The molecule has 0 amide bonds. The summed E-state index contributed by atoms with van der Waals surface area (Å²) in [6.45, 7) is 13.9. The molecule has 0 bridgehead atoms. The second-order valence-corrected chi connectivity index (χ2v) is 5.79. The monoisotopic (exact) mass is 270 g/mol. The van der Waals surface area contributed by atoms with Gasteiger partial charge in [-0.3, -0.25) is 9.80 Å². The van der Waals surface area contributed by atoms with Gasteiger partial charge in [0.05, 0.1) is 6.10 Å². The van der Waals surface area contributed by atoms with Crippen LogP contribution in [0.25, 0.3) is 0 Å². The minimum Gasteiger partial charge on any atom is -0.390 e. The highest BCUT2D eigenvalue weighted by atomic mass is 16.3. The van der Waals surface area contributed by atoms with E-state index in [9.17, 15) is 5.11 Å².